The van der Waals surface area contributed by atoms with Crippen LogP contribution in [0.2, 0.25) is 0 Å². The van der Waals surface area contributed by atoms with E-state index in [0.29, 0.717) is 39.6 Å². The molecule has 4 aromatic carbocycles. The summed E-state index contributed by atoms with van der Waals surface area (Å²) in [5.74, 6) is 1.59. The Balaban J connectivity index is 1.65. The quantitative estimate of drug-likeness (QED) is 0.120. The molecule has 0 amide bonds. The van der Waals surface area contributed by atoms with Crippen molar-refractivity contribution in [2.24, 2.45) is 0 Å². The van der Waals surface area contributed by atoms with Gasteiger partial charge in [0, 0.05) is 11.1 Å². The minimum absolute atomic E-state index is 0.0924. The van der Waals surface area contributed by atoms with E-state index in [0.717, 1.165) is 39.2 Å². The number of hydrogen-bond donors (Lipinski definition) is 0. The minimum Gasteiger partial charge on any atom is -0.288 e. The van der Waals surface area contributed by atoms with Gasteiger partial charge < -0.3 is 0 Å². The Morgan fingerprint density at radius 2 is 1.00 bits per heavy atom. The SMILES string of the molecule is Cc1ccc2c(c1)C(=O)/C(=C/C=C1N(c3c(C(C)C)cccc3C(C)C)c3nc4cc(C#N)c(C#N)cc4nc3N1c1c(C(C)C)cccc1C(C)C)C2=O. The fraction of sp³-hybridized carbons (Fsp3) is 0.277. The van der Waals surface area contributed by atoms with Crippen LogP contribution in [0.15, 0.2) is 90.3 Å². The number of aromatic nitrogens is 2. The van der Waals surface area contributed by atoms with Gasteiger partial charge in [0.05, 0.1) is 39.1 Å². The molecule has 7 rings (SSSR count). The zero-order valence-corrected chi connectivity index (χ0v) is 32.8. The molecule has 1 aromatic heterocycles. The number of carbonyl (C=O) groups excluding carboxylic acids is 2. The van der Waals surface area contributed by atoms with Gasteiger partial charge in [0.1, 0.15) is 18.0 Å². The van der Waals surface area contributed by atoms with Crippen molar-refractivity contribution in [2.45, 2.75) is 86.0 Å². The minimum atomic E-state index is -0.309. The fourth-order valence-corrected chi connectivity index (χ4v) is 7.76. The van der Waals surface area contributed by atoms with E-state index in [4.69, 9.17) is 9.97 Å². The fourth-order valence-electron chi connectivity index (χ4n) is 7.76. The Morgan fingerprint density at radius 1 is 0.582 bits per heavy atom. The summed E-state index contributed by atoms with van der Waals surface area (Å²) in [4.78, 5) is 42.6. The Kier molecular flexibility index (Phi) is 9.49. The Bertz CT molecular complexity index is 2410. The van der Waals surface area contributed by atoms with E-state index < -0.39 is 0 Å². The van der Waals surface area contributed by atoms with Crippen LogP contribution in [0.25, 0.3) is 11.0 Å². The number of fused-ring (bicyclic) bond motifs is 3. The second kappa shape index (κ2) is 14.1. The Labute approximate surface area is 323 Å². The van der Waals surface area contributed by atoms with Crippen molar-refractivity contribution in [3.63, 3.8) is 0 Å². The standard InChI is InChI=1S/C47H44N6O2/c1-25(2)32-12-10-13-33(26(3)4)42(32)52-41(19-18-37-44(54)36-17-16-29(9)20-38(36)45(37)55)53(43-34(27(5)6)14-11-15-35(43)28(7)8)47-46(52)50-39-21-30(23-48)31(24-49)22-40(39)51-47/h10-22,25-28H,1-9H3/b37-18+. The van der Waals surface area contributed by atoms with Crippen LogP contribution in [0, 0.1) is 29.6 Å². The maximum Gasteiger partial charge on any atom is 0.197 e. The van der Waals surface area contributed by atoms with Crippen LogP contribution in [-0.4, -0.2) is 21.5 Å². The van der Waals surface area contributed by atoms with Crippen LogP contribution >= 0.6 is 0 Å². The molecular formula is C47H44N6O2. The number of para-hydroxylation sites is 2. The highest BCUT2D eigenvalue weighted by molar-refractivity contribution is 6.39. The first kappa shape index (κ1) is 37.0. The Hall–Kier alpha value is -6.38. The van der Waals surface area contributed by atoms with Crippen molar-refractivity contribution in [3.8, 4) is 12.1 Å². The van der Waals surface area contributed by atoms with E-state index in [1.54, 1.807) is 30.3 Å². The van der Waals surface area contributed by atoms with Crippen LogP contribution in [0.5, 0.6) is 0 Å². The number of carbonyl (C=O) groups is 2. The summed E-state index contributed by atoms with van der Waals surface area (Å²) in [5.41, 5.74) is 9.45. The monoisotopic (exact) mass is 724 g/mol. The van der Waals surface area contributed by atoms with Gasteiger partial charge in [-0.2, -0.15) is 10.5 Å². The maximum atomic E-state index is 13.9. The van der Waals surface area contributed by atoms with Crippen molar-refractivity contribution in [1.29, 1.82) is 10.5 Å². The molecule has 0 bridgehead atoms. The number of Topliss-reactive ketones (excluding diaryl/α,β-unsaturated/α-hetero) is 2. The van der Waals surface area contributed by atoms with E-state index in [1.165, 1.54) is 0 Å². The average Bonchev–Trinajstić information content (AvgIpc) is 3.59. The van der Waals surface area contributed by atoms with Crippen LogP contribution in [0.4, 0.5) is 23.0 Å². The highest BCUT2D eigenvalue weighted by Crippen LogP contribution is 2.54. The topological polar surface area (TPSA) is 114 Å². The molecule has 274 valence electrons. The molecule has 55 heavy (non-hydrogen) atoms. The molecule has 0 atom stereocenters. The molecule has 1 aliphatic carbocycles. The van der Waals surface area contributed by atoms with Gasteiger partial charge in [-0.15, -0.1) is 0 Å². The van der Waals surface area contributed by atoms with Gasteiger partial charge in [-0.05, 0) is 83.2 Å². The average molecular weight is 725 g/mol. The zero-order chi connectivity index (χ0) is 39.5. The van der Waals surface area contributed by atoms with Crippen molar-refractivity contribution >= 4 is 45.6 Å². The first-order chi connectivity index (χ1) is 26.3. The van der Waals surface area contributed by atoms with Crippen molar-refractivity contribution in [1.82, 2.24) is 9.97 Å². The molecule has 2 aliphatic rings. The van der Waals surface area contributed by atoms with Gasteiger partial charge in [-0.3, -0.25) is 19.4 Å². The first-order valence-corrected chi connectivity index (χ1v) is 18.9. The van der Waals surface area contributed by atoms with Gasteiger partial charge in [-0.25, -0.2) is 9.97 Å². The number of ketones is 2. The summed E-state index contributed by atoms with van der Waals surface area (Å²) in [6.45, 7) is 19.2. The van der Waals surface area contributed by atoms with Gasteiger partial charge in [-0.1, -0.05) is 109 Å². The van der Waals surface area contributed by atoms with E-state index in [2.05, 4.69) is 114 Å². The molecule has 0 saturated heterocycles. The third-order valence-corrected chi connectivity index (χ3v) is 10.6. The van der Waals surface area contributed by atoms with E-state index in [9.17, 15) is 20.1 Å². The lowest BCUT2D eigenvalue weighted by molar-refractivity contribution is 0.0988. The van der Waals surface area contributed by atoms with Crippen molar-refractivity contribution in [3.05, 3.63) is 140 Å². The van der Waals surface area contributed by atoms with Gasteiger partial charge in [0.2, 0.25) is 0 Å². The lowest BCUT2D eigenvalue weighted by Gasteiger charge is -2.32. The summed E-state index contributed by atoms with van der Waals surface area (Å²) in [7, 11) is 0. The molecule has 0 unspecified atom stereocenters. The van der Waals surface area contributed by atoms with Gasteiger partial charge in [0.15, 0.2) is 23.2 Å². The normalized spacial score (nSPS) is 14.5. The smallest absolute Gasteiger partial charge is 0.197 e. The largest absolute Gasteiger partial charge is 0.288 e. The second-order valence-corrected chi connectivity index (χ2v) is 15.7. The van der Waals surface area contributed by atoms with Crippen molar-refractivity contribution in [2.75, 3.05) is 9.80 Å². The molecule has 0 saturated carbocycles. The molecule has 0 radical (unpaired) electrons. The van der Waals surface area contributed by atoms with E-state index in [-0.39, 0.29) is 51.9 Å². The maximum absolute atomic E-state index is 13.9. The van der Waals surface area contributed by atoms with Gasteiger partial charge in [0.25, 0.3) is 0 Å². The van der Waals surface area contributed by atoms with Crippen LogP contribution in [0.1, 0.15) is 139 Å². The number of benzene rings is 4. The molecule has 0 fully saturated rings. The lowest BCUT2D eigenvalue weighted by Crippen LogP contribution is -2.26. The summed E-state index contributed by atoms with van der Waals surface area (Å²) in [6.07, 6.45) is 3.52. The molecule has 2 heterocycles. The third-order valence-electron chi connectivity index (χ3n) is 10.6. The summed E-state index contributed by atoms with van der Waals surface area (Å²) in [5, 5.41) is 20.0. The Morgan fingerprint density at radius 3 is 1.40 bits per heavy atom. The number of nitrogens with zero attached hydrogens (tertiary/aromatic N) is 6. The highest BCUT2D eigenvalue weighted by Gasteiger charge is 2.42. The molecule has 1 aliphatic heterocycles. The molecule has 0 N–H and O–H groups in total. The van der Waals surface area contributed by atoms with Crippen LogP contribution in [-0.2, 0) is 0 Å². The highest BCUT2D eigenvalue weighted by atomic mass is 16.2. The van der Waals surface area contributed by atoms with E-state index in [1.807, 2.05) is 19.1 Å². The summed E-state index contributed by atoms with van der Waals surface area (Å²) in [6, 6.07) is 25.6. The predicted molar refractivity (Wildman–Crippen MR) is 218 cm³/mol. The van der Waals surface area contributed by atoms with Gasteiger partial charge >= 0.3 is 0 Å². The van der Waals surface area contributed by atoms with Crippen LogP contribution < -0.4 is 9.80 Å². The number of aryl methyl sites for hydroxylation is 1. The number of nitriles is 2. The predicted octanol–water partition coefficient (Wildman–Crippen LogP) is 11.3. The van der Waals surface area contributed by atoms with Crippen LogP contribution in [0.3, 0.4) is 0 Å². The zero-order valence-electron chi connectivity index (χ0n) is 32.8. The number of allylic oxidation sites excluding steroid dienone is 3. The number of rotatable bonds is 7. The molecule has 8 nitrogen and oxygen atoms in total. The summed E-state index contributed by atoms with van der Waals surface area (Å²) >= 11 is 0. The van der Waals surface area contributed by atoms with Crippen molar-refractivity contribution < 1.29 is 9.59 Å². The molecule has 0 spiro atoms. The van der Waals surface area contributed by atoms with E-state index >= 15 is 0 Å². The first-order valence-electron chi connectivity index (χ1n) is 18.9. The molecule has 8 heteroatoms. The number of anilines is 4. The third kappa shape index (κ3) is 6.09. The summed E-state index contributed by atoms with van der Waals surface area (Å²) < 4.78 is 0. The lowest BCUT2D eigenvalue weighted by atomic mass is 9.91. The molecule has 5 aromatic rings. The molecular weight excluding hydrogens is 681 g/mol. The second-order valence-electron chi connectivity index (χ2n) is 15.7. The number of hydrogen-bond acceptors (Lipinski definition) is 8.